The van der Waals surface area contributed by atoms with Crippen LogP contribution in [0.1, 0.15) is 51.7 Å². The molecule has 7 heteroatoms. The summed E-state index contributed by atoms with van der Waals surface area (Å²) in [6, 6.07) is 6.35. The minimum absolute atomic E-state index is 0.147. The van der Waals surface area contributed by atoms with Gasteiger partial charge in [-0.3, -0.25) is 0 Å². The summed E-state index contributed by atoms with van der Waals surface area (Å²) in [6.07, 6.45) is 2.05. The number of hydrogen-bond donors (Lipinski definition) is 3. The summed E-state index contributed by atoms with van der Waals surface area (Å²) >= 11 is 0. The average Bonchev–Trinajstić information content (AvgIpc) is 2.62. The number of carbonyl (C=O) groups is 2. The lowest BCUT2D eigenvalue weighted by atomic mass is 9.86. The van der Waals surface area contributed by atoms with Crippen molar-refractivity contribution in [1.29, 1.82) is 0 Å². The Morgan fingerprint density at radius 3 is 2.17 bits per heavy atom. The number of carboxylic acids is 2. The summed E-state index contributed by atoms with van der Waals surface area (Å²) in [4.78, 5) is 20.5. The molecule has 1 atom stereocenters. The second-order valence-electron chi connectivity index (χ2n) is 8.79. The van der Waals surface area contributed by atoms with E-state index in [-0.39, 0.29) is 5.41 Å². The van der Waals surface area contributed by atoms with E-state index in [1.165, 1.54) is 18.4 Å². The minimum atomic E-state index is -1.82. The van der Waals surface area contributed by atoms with E-state index in [4.69, 9.17) is 24.5 Å². The van der Waals surface area contributed by atoms with Gasteiger partial charge in [0, 0.05) is 6.54 Å². The van der Waals surface area contributed by atoms with Crippen molar-refractivity contribution in [2.45, 2.75) is 59.0 Å². The molecule has 29 heavy (non-hydrogen) atoms. The highest BCUT2D eigenvalue weighted by Crippen LogP contribution is 2.27. The third-order valence-corrected chi connectivity index (χ3v) is 5.00. The summed E-state index contributed by atoms with van der Waals surface area (Å²) in [5, 5.41) is 25.0. The number of likely N-dealkylation sites (tertiary alicyclic amines) is 1. The van der Waals surface area contributed by atoms with E-state index in [0.717, 1.165) is 30.3 Å². The van der Waals surface area contributed by atoms with Gasteiger partial charge in [0.2, 0.25) is 0 Å². The van der Waals surface area contributed by atoms with Gasteiger partial charge < -0.3 is 25.0 Å². The molecule has 3 N–H and O–H groups in total. The molecular formula is C22H35NO6. The largest absolute Gasteiger partial charge is 0.491 e. The smallest absolute Gasteiger partial charge is 0.414 e. The molecule has 164 valence electrons. The monoisotopic (exact) mass is 409 g/mol. The maximum Gasteiger partial charge on any atom is 0.414 e. The Morgan fingerprint density at radius 2 is 1.72 bits per heavy atom. The first kappa shape index (κ1) is 24.9. The van der Waals surface area contributed by atoms with Crippen molar-refractivity contribution in [3.63, 3.8) is 0 Å². The van der Waals surface area contributed by atoms with Crippen LogP contribution < -0.4 is 4.74 Å². The summed E-state index contributed by atoms with van der Waals surface area (Å²) in [5.41, 5.74) is 2.59. The van der Waals surface area contributed by atoms with Crippen molar-refractivity contribution < 1.29 is 29.6 Å². The second-order valence-corrected chi connectivity index (χ2v) is 8.79. The summed E-state index contributed by atoms with van der Waals surface area (Å²) < 4.78 is 5.85. The van der Waals surface area contributed by atoms with E-state index < -0.39 is 18.0 Å². The molecule has 0 bridgehead atoms. The number of aryl methyl sites for hydroxylation is 1. The number of carboxylic acid groups (broad SMARTS) is 2. The molecule has 1 fully saturated rings. The molecule has 1 heterocycles. The number of piperidine rings is 1. The van der Waals surface area contributed by atoms with Gasteiger partial charge in [0.15, 0.2) is 0 Å². The lowest BCUT2D eigenvalue weighted by Crippen LogP contribution is -2.40. The van der Waals surface area contributed by atoms with Gasteiger partial charge >= 0.3 is 11.9 Å². The van der Waals surface area contributed by atoms with Gasteiger partial charge in [-0.05, 0) is 61.4 Å². The van der Waals surface area contributed by atoms with Crippen LogP contribution in [-0.2, 0) is 15.0 Å². The second kappa shape index (κ2) is 11.2. The third-order valence-electron chi connectivity index (χ3n) is 5.00. The predicted molar refractivity (Wildman–Crippen MR) is 111 cm³/mol. The lowest BCUT2D eigenvalue weighted by molar-refractivity contribution is -0.159. The number of benzene rings is 1. The highest BCUT2D eigenvalue weighted by atomic mass is 16.5. The summed E-state index contributed by atoms with van der Waals surface area (Å²) in [5.74, 6) is -1.95. The molecule has 2 rings (SSSR count). The maximum absolute atomic E-state index is 10.2. The van der Waals surface area contributed by atoms with Crippen LogP contribution in [0.25, 0.3) is 0 Å². The van der Waals surface area contributed by atoms with E-state index in [1.807, 2.05) is 6.07 Å². The van der Waals surface area contributed by atoms with Gasteiger partial charge in [-0.2, -0.15) is 0 Å². The Balaban J connectivity index is 0.000000612. The maximum atomic E-state index is 10.2. The Labute approximate surface area is 173 Å². The van der Waals surface area contributed by atoms with Crippen LogP contribution in [-0.4, -0.2) is 64.5 Å². The van der Waals surface area contributed by atoms with Gasteiger partial charge in [-0.25, -0.2) is 9.59 Å². The van der Waals surface area contributed by atoms with Gasteiger partial charge in [-0.15, -0.1) is 0 Å². The molecule has 1 aromatic carbocycles. The van der Waals surface area contributed by atoms with Crippen molar-refractivity contribution in [3.05, 3.63) is 29.3 Å². The molecule has 0 saturated carbocycles. The first-order valence-corrected chi connectivity index (χ1v) is 10.0. The molecule has 1 aliphatic rings. The Hall–Kier alpha value is -2.12. The number of aliphatic carboxylic acids is 2. The molecule has 1 unspecified atom stereocenters. The van der Waals surface area contributed by atoms with Crippen molar-refractivity contribution in [2.24, 2.45) is 5.92 Å². The fourth-order valence-electron chi connectivity index (χ4n) is 3.06. The van der Waals surface area contributed by atoms with E-state index >= 15 is 0 Å². The van der Waals surface area contributed by atoms with E-state index in [2.05, 4.69) is 51.7 Å². The SMILES string of the molecule is Cc1cc(C(C)(C)C)ccc1OCC(O)CN1CCC(C)CC1.O=C(O)C(=O)O. The number of aliphatic hydroxyl groups excluding tert-OH is 1. The average molecular weight is 410 g/mol. The van der Waals surface area contributed by atoms with Crippen molar-refractivity contribution in [3.8, 4) is 5.75 Å². The molecule has 0 aliphatic carbocycles. The van der Waals surface area contributed by atoms with Gasteiger partial charge in [0.25, 0.3) is 0 Å². The van der Waals surface area contributed by atoms with Crippen LogP contribution in [0.15, 0.2) is 18.2 Å². The number of ether oxygens (including phenoxy) is 1. The molecular weight excluding hydrogens is 374 g/mol. The Morgan fingerprint density at radius 1 is 1.17 bits per heavy atom. The van der Waals surface area contributed by atoms with E-state index in [1.54, 1.807) is 0 Å². The first-order chi connectivity index (χ1) is 13.4. The highest BCUT2D eigenvalue weighted by molar-refractivity contribution is 6.27. The van der Waals surface area contributed by atoms with E-state index in [0.29, 0.717) is 13.2 Å². The molecule has 1 aromatic rings. The number of rotatable bonds is 5. The van der Waals surface area contributed by atoms with Crippen LogP contribution in [0.4, 0.5) is 0 Å². The molecule has 0 aromatic heterocycles. The van der Waals surface area contributed by atoms with E-state index in [9.17, 15) is 5.11 Å². The standard InChI is InChI=1S/C20H33NO2.C2H2O4/c1-15-8-10-21(11-9-15)13-18(22)14-23-19-7-6-17(12-16(19)2)20(3,4)5;3-1(4)2(5)6/h6-7,12,15,18,22H,8-11,13-14H2,1-5H3;(H,3,4)(H,5,6). The molecule has 7 nitrogen and oxygen atoms in total. The topological polar surface area (TPSA) is 107 Å². The summed E-state index contributed by atoms with van der Waals surface area (Å²) in [6.45, 7) is 14.3. The Kier molecular flexibility index (Phi) is 9.59. The fraction of sp³-hybridized carbons (Fsp3) is 0.636. The molecule has 0 spiro atoms. The van der Waals surface area contributed by atoms with Crippen LogP contribution in [0, 0.1) is 12.8 Å². The normalized spacial score (nSPS) is 16.5. The number of hydrogen-bond acceptors (Lipinski definition) is 5. The number of β-amino-alcohol motifs (C(OH)–C–C–N with tert-alkyl or cyclic N) is 1. The van der Waals surface area contributed by atoms with Crippen LogP contribution in [0.2, 0.25) is 0 Å². The van der Waals surface area contributed by atoms with Crippen molar-refractivity contribution in [1.82, 2.24) is 4.90 Å². The summed E-state index contributed by atoms with van der Waals surface area (Å²) in [7, 11) is 0. The highest BCUT2D eigenvalue weighted by Gasteiger charge is 2.19. The third kappa shape index (κ3) is 9.28. The molecule has 0 radical (unpaired) electrons. The zero-order valence-electron chi connectivity index (χ0n) is 18.1. The fourth-order valence-corrected chi connectivity index (χ4v) is 3.06. The minimum Gasteiger partial charge on any atom is -0.491 e. The number of nitrogens with zero attached hydrogens (tertiary/aromatic N) is 1. The van der Waals surface area contributed by atoms with Crippen LogP contribution >= 0.6 is 0 Å². The molecule has 0 amide bonds. The van der Waals surface area contributed by atoms with Gasteiger partial charge in [0.05, 0.1) is 0 Å². The lowest BCUT2D eigenvalue weighted by Gasteiger charge is -2.31. The molecule has 1 aliphatic heterocycles. The van der Waals surface area contributed by atoms with Crippen molar-refractivity contribution in [2.75, 3.05) is 26.2 Å². The molecule has 1 saturated heterocycles. The number of aliphatic hydroxyl groups is 1. The van der Waals surface area contributed by atoms with Crippen LogP contribution in [0.3, 0.4) is 0 Å². The van der Waals surface area contributed by atoms with Crippen LogP contribution in [0.5, 0.6) is 5.75 Å². The zero-order valence-corrected chi connectivity index (χ0v) is 18.1. The zero-order chi connectivity index (χ0) is 22.2. The van der Waals surface area contributed by atoms with Gasteiger partial charge in [-0.1, -0.05) is 39.8 Å². The Bertz CT molecular complexity index is 662. The quantitative estimate of drug-likeness (QED) is 0.642. The first-order valence-electron chi connectivity index (χ1n) is 10.0. The van der Waals surface area contributed by atoms with Crippen molar-refractivity contribution >= 4 is 11.9 Å². The van der Waals surface area contributed by atoms with Gasteiger partial charge in [0.1, 0.15) is 18.5 Å². The predicted octanol–water partition coefficient (Wildman–Crippen LogP) is 2.92.